The van der Waals surface area contributed by atoms with Gasteiger partial charge in [-0.25, -0.2) is 4.39 Å². The van der Waals surface area contributed by atoms with E-state index in [1.165, 1.54) is 12.1 Å². The quantitative estimate of drug-likeness (QED) is 0.644. The van der Waals surface area contributed by atoms with Gasteiger partial charge in [0.1, 0.15) is 11.5 Å². The summed E-state index contributed by atoms with van der Waals surface area (Å²) in [6, 6.07) is 13.7. The summed E-state index contributed by atoms with van der Waals surface area (Å²) in [6.07, 6.45) is 1.29. The molecule has 0 radical (unpaired) electrons. The highest BCUT2D eigenvalue weighted by Crippen LogP contribution is 2.32. The molecule has 0 bridgehead atoms. The van der Waals surface area contributed by atoms with Gasteiger partial charge in [-0.05, 0) is 61.7 Å². The van der Waals surface area contributed by atoms with Crippen molar-refractivity contribution in [3.8, 4) is 0 Å². The lowest BCUT2D eigenvalue weighted by Crippen LogP contribution is -2.44. The largest absolute Gasteiger partial charge is 0.373 e. The number of nitrogens with one attached hydrogen (secondary N) is 1. The summed E-state index contributed by atoms with van der Waals surface area (Å²) in [7, 11) is 3.45. The zero-order chi connectivity index (χ0) is 22.8. The fraction of sp³-hybridized carbons (Fsp3) is 0.360. The monoisotopic (exact) mass is 437 g/mol. The summed E-state index contributed by atoms with van der Waals surface area (Å²) in [4.78, 5) is 31.9. The number of H-pyrrole nitrogens is 1. The van der Waals surface area contributed by atoms with Gasteiger partial charge >= 0.3 is 0 Å². The van der Waals surface area contributed by atoms with E-state index in [0.717, 1.165) is 17.4 Å². The highest BCUT2D eigenvalue weighted by atomic mass is 19.1. The van der Waals surface area contributed by atoms with Gasteiger partial charge in [-0.15, -0.1) is 0 Å². The van der Waals surface area contributed by atoms with E-state index in [-0.39, 0.29) is 29.8 Å². The van der Waals surface area contributed by atoms with Gasteiger partial charge < -0.3 is 19.5 Å². The number of carbonyl (C=O) groups excluding carboxylic acids is 2. The number of hydrogen-bond acceptors (Lipinski definition) is 3. The van der Waals surface area contributed by atoms with Crippen molar-refractivity contribution < 1.29 is 18.7 Å². The Kier molecular flexibility index (Phi) is 6.28. The summed E-state index contributed by atoms with van der Waals surface area (Å²) in [6.45, 7) is 3.08. The molecule has 4 rings (SSSR count). The van der Waals surface area contributed by atoms with E-state index < -0.39 is 0 Å². The Bertz CT molecular complexity index is 1120. The second-order valence-electron chi connectivity index (χ2n) is 8.36. The van der Waals surface area contributed by atoms with Gasteiger partial charge in [0.2, 0.25) is 0 Å². The molecule has 1 aliphatic rings. The summed E-state index contributed by atoms with van der Waals surface area (Å²) < 4.78 is 19.5. The summed E-state index contributed by atoms with van der Waals surface area (Å²) in [5, 5.41) is 0.808. The second kappa shape index (κ2) is 9.12. The summed E-state index contributed by atoms with van der Waals surface area (Å²) in [5.41, 5.74) is 2.70. The van der Waals surface area contributed by atoms with Gasteiger partial charge in [0.25, 0.3) is 11.8 Å². The minimum absolute atomic E-state index is 0.0254. The maximum Gasteiger partial charge on any atom is 0.270 e. The Balaban J connectivity index is 1.50. The molecule has 1 aromatic heterocycles. The molecule has 1 aliphatic heterocycles. The Morgan fingerprint density at radius 1 is 1.09 bits per heavy atom. The smallest absolute Gasteiger partial charge is 0.270 e. The highest BCUT2D eigenvalue weighted by Gasteiger charge is 2.31. The average Bonchev–Trinajstić information content (AvgIpc) is 3.22. The average molecular weight is 438 g/mol. The summed E-state index contributed by atoms with van der Waals surface area (Å²) in [5.74, 6) is -0.474. The predicted octanol–water partition coefficient (Wildman–Crippen LogP) is 4.39. The standard InChI is InChI=1S/C25H28FN3O3/c1-4-29(25(31)22-13-18-9-10-19(26)14-21(18)27-22)20-11-12-32-23(15-20)16-5-7-17(8-6-16)24(30)28(2)3/h5-10,13-14,20,23,27H,4,11-12,15H2,1-3H3/t20-,23+/m1/s1. The van der Waals surface area contributed by atoms with Gasteiger partial charge in [0.15, 0.2) is 0 Å². The van der Waals surface area contributed by atoms with Crippen LogP contribution in [-0.4, -0.2) is 59.9 Å². The van der Waals surface area contributed by atoms with Crippen molar-refractivity contribution in [3.63, 3.8) is 0 Å². The Labute approximate surface area is 187 Å². The number of aromatic nitrogens is 1. The van der Waals surface area contributed by atoms with Crippen molar-refractivity contribution in [1.29, 1.82) is 0 Å². The van der Waals surface area contributed by atoms with E-state index in [1.807, 2.05) is 36.1 Å². The second-order valence-corrected chi connectivity index (χ2v) is 8.36. The minimum Gasteiger partial charge on any atom is -0.373 e. The van der Waals surface area contributed by atoms with Crippen LogP contribution in [0.5, 0.6) is 0 Å². The van der Waals surface area contributed by atoms with Gasteiger partial charge in [-0.3, -0.25) is 9.59 Å². The highest BCUT2D eigenvalue weighted by molar-refractivity contribution is 5.98. The van der Waals surface area contributed by atoms with Crippen LogP contribution in [0.25, 0.3) is 10.9 Å². The maximum atomic E-state index is 13.5. The van der Waals surface area contributed by atoms with Crippen LogP contribution >= 0.6 is 0 Å². The third kappa shape index (κ3) is 4.39. The Hall–Kier alpha value is -3.19. The molecular weight excluding hydrogens is 409 g/mol. The van der Waals surface area contributed by atoms with E-state index in [2.05, 4.69) is 4.98 Å². The molecule has 1 N–H and O–H groups in total. The van der Waals surface area contributed by atoms with Crippen molar-refractivity contribution >= 4 is 22.7 Å². The molecule has 0 aliphatic carbocycles. The first-order valence-electron chi connectivity index (χ1n) is 10.9. The lowest BCUT2D eigenvalue weighted by Gasteiger charge is -2.37. The molecule has 6 nitrogen and oxygen atoms in total. The first-order chi connectivity index (χ1) is 15.4. The topological polar surface area (TPSA) is 65.6 Å². The SMILES string of the molecule is CCN(C(=O)c1cc2ccc(F)cc2[nH]1)[C@@H]1CCO[C@H](c2ccc(C(=O)N(C)C)cc2)C1. The fourth-order valence-corrected chi connectivity index (χ4v) is 4.33. The van der Waals surface area contributed by atoms with E-state index in [1.54, 1.807) is 31.1 Å². The molecule has 2 amide bonds. The lowest BCUT2D eigenvalue weighted by atomic mass is 9.95. The molecule has 0 spiro atoms. The number of carbonyl (C=O) groups is 2. The Morgan fingerprint density at radius 2 is 1.84 bits per heavy atom. The molecule has 2 atom stereocenters. The van der Waals surface area contributed by atoms with Crippen LogP contribution in [0.15, 0.2) is 48.5 Å². The number of aromatic amines is 1. The van der Waals surface area contributed by atoms with Gasteiger partial charge in [-0.2, -0.15) is 0 Å². The van der Waals surface area contributed by atoms with E-state index in [4.69, 9.17) is 4.74 Å². The van der Waals surface area contributed by atoms with Crippen LogP contribution in [0.4, 0.5) is 4.39 Å². The van der Waals surface area contributed by atoms with Crippen molar-refractivity contribution in [1.82, 2.24) is 14.8 Å². The van der Waals surface area contributed by atoms with Crippen LogP contribution in [0.3, 0.4) is 0 Å². The number of ether oxygens (including phenoxy) is 1. The number of fused-ring (bicyclic) bond motifs is 1. The van der Waals surface area contributed by atoms with Crippen LogP contribution in [0.2, 0.25) is 0 Å². The van der Waals surface area contributed by atoms with Crippen molar-refractivity contribution in [2.45, 2.75) is 31.9 Å². The molecule has 2 aromatic carbocycles. The van der Waals surface area contributed by atoms with E-state index in [9.17, 15) is 14.0 Å². The molecule has 3 aromatic rings. The van der Waals surface area contributed by atoms with Crippen molar-refractivity contribution in [2.24, 2.45) is 0 Å². The molecule has 0 unspecified atom stereocenters. The van der Waals surface area contributed by atoms with E-state index in [0.29, 0.717) is 36.3 Å². The zero-order valence-corrected chi connectivity index (χ0v) is 18.6. The molecule has 168 valence electrons. The van der Waals surface area contributed by atoms with Gasteiger partial charge in [-0.1, -0.05) is 12.1 Å². The van der Waals surface area contributed by atoms with Gasteiger partial charge in [0, 0.05) is 49.8 Å². The molecule has 0 saturated carbocycles. The normalized spacial score (nSPS) is 18.5. The number of hydrogen-bond donors (Lipinski definition) is 1. The van der Waals surface area contributed by atoms with Crippen LogP contribution in [0, 0.1) is 5.82 Å². The van der Waals surface area contributed by atoms with E-state index >= 15 is 0 Å². The summed E-state index contributed by atoms with van der Waals surface area (Å²) >= 11 is 0. The molecule has 1 fully saturated rings. The number of halogens is 1. The predicted molar refractivity (Wildman–Crippen MR) is 121 cm³/mol. The third-order valence-corrected chi connectivity index (χ3v) is 6.05. The Morgan fingerprint density at radius 3 is 2.53 bits per heavy atom. The molecule has 32 heavy (non-hydrogen) atoms. The first kappa shape index (κ1) is 22.0. The number of benzene rings is 2. The molecule has 1 saturated heterocycles. The van der Waals surface area contributed by atoms with Crippen LogP contribution in [0.1, 0.15) is 52.3 Å². The maximum absolute atomic E-state index is 13.5. The number of amides is 2. The first-order valence-corrected chi connectivity index (χ1v) is 10.9. The molecule has 7 heteroatoms. The van der Waals surface area contributed by atoms with Crippen LogP contribution < -0.4 is 0 Å². The zero-order valence-electron chi connectivity index (χ0n) is 18.6. The van der Waals surface area contributed by atoms with Crippen molar-refractivity contribution in [3.05, 3.63) is 71.2 Å². The molecule has 2 heterocycles. The van der Waals surface area contributed by atoms with Crippen molar-refractivity contribution in [2.75, 3.05) is 27.2 Å². The molecular formula is C25H28FN3O3. The lowest BCUT2D eigenvalue weighted by molar-refractivity contribution is -0.0232. The number of nitrogens with zero attached hydrogens (tertiary/aromatic N) is 2. The number of rotatable bonds is 5. The van der Waals surface area contributed by atoms with Gasteiger partial charge in [0.05, 0.1) is 6.10 Å². The fourth-order valence-electron chi connectivity index (χ4n) is 4.33. The third-order valence-electron chi connectivity index (χ3n) is 6.05. The minimum atomic E-state index is -0.337. The van der Waals surface area contributed by atoms with Crippen LogP contribution in [-0.2, 0) is 4.74 Å².